The molecule has 2 aliphatic rings. The van der Waals surface area contributed by atoms with E-state index in [0.29, 0.717) is 6.04 Å². The molecule has 2 rings (SSSR count). The molecule has 2 fully saturated rings. The Kier molecular flexibility index (Phi) is 3.58. The molecular weight excluding hydrogens is 228 g/mol. The van der Waals surface area contributed by atoms with Crippen LogP contribution in [0.2, 0.25) is 0 Å². The highest BCUT2D eigenvalue weighted by atomic mass is 16.6. The fourth-order valence-electron chi connectivity index (χ4n) is 3.45. The number of amides is 1. The van der Waals surface area contributed by atoms with Gasteiger partial charge in [0.25, 0.3) is 0 Å². The Morgan fingerprint density at radius 3 is 2.56 bits per heavy atom. The standard InChI is InChI=1S/C14H26N2O2/c1-13(2,3)18-12(17)16-11-6-4-5-7-14(11)8-10(15)9-14/h10-11H,4-9,15H2,1-3H3,(H,16,17). The first kappa shape index (κ1) is 13.7. The minimum absolute atomic E-state index is 0.251. The molecule has 18 heavy (non-hydrogen) atoms. The van der Waals surface area contributed by atoms with Gasteiger partial charge in [-0.1, -0.05) is 12.8 Å². The van der Waals surface area contributed by atoms with E-state index in [-0.39, 0.29) is 17.6 Å². The highest BCUT2D eigenvalue weighted by Gasteiger charge is 2.49. The fourth-order valence-corrected chi connectivity index (χ4v) is 3.45. The van der Waals surface area contributed by atoms with Crippen molar-refractivity contribution < 1.29 is 9.53 Å². The molecule has 2 aliphatic carbocycles. The van der Waals surface area contributed by atoms with E-state index in [1.165, 1.54) is 19.3 Å². The normalized spacial score (nSPS) is 36.0. The molecule has 4 heteroatoms. The zero-order chi connectivity index (χ0) is 13.4. The number of nitrogens with two attached hydrogens (primary N) is 1. The first-order chi connectivity index (χ1) is 8.31. The number of hydrogen-bond donors (Lipinski definition) is 2. The van der Waals surface area contributed by atoms with Crippen molar-refractivity contribution in [2.24, 2.45) is 11.1 Å². The molecule has 1 atom stereocenters. The third kappa shape index (κ3) is 2.97. The third-order valence-electron chi connectivity index (χ3n) is 4.19. The Morgan fingerprint density at radius 2 is 2.00 bits per heavy atom. The summed E-state index contributed by atoms with van der Waals surface area (Å²) in [6.45, 7) is 5.67. The van der Waals surface area contributed by atoms with Crippen LogP contribution in [0.5, 0.6) is 0 Å². The van der Waals surface area contributed by atoms with Crippen LogP contribution in [0.1, 0.15) is 59.3 Å². The number of hydrogen-bond acceptors (Lipinski definition) is 3. The lowest BCUT2D eigenvalue weighted by Crippen LogP contribution is -2.59. The van der Waals surface area contributed by atoms with Crippen LogP contribution in [0.3, 0.4) is 0 Å². The molecule has 0 bridgehead atoms. The van der Waals surface area contributed by atoms with Crippen LogP contribution in [0.25, 0.3) is 0 Å². The SMILES string of the molecule is CC(C)(C)OC(=O)NC1CCCCC12CC(N)C2. The molecule has 0 aliphatic heterocycles. The van der Waals surface area contributed by atoms with Gasteiger partial charge in [-0.05, 0) is 51.9 Å². The lowest BCUT2D eigenvalue weighted by atomic mass is 9.56. The first-order valence-electron chi connectivity index (χ1n) is 7.06. The van der Waals surface area contributed by atoms with E-state index in [2.05, 4.69) is 5.32 Å². The van der Waals surface area contributed by atoms with Gasteiger partial charge in [0.05, 0.1) is 0 Å². The fraction of sp³-hybridized carbons (Fsp3) is 0.929. The lowest BCUT2D eigenvalue weighted by Gasteiger charge is -2.53. The molecule has 4 nitrogen and oxygen atoms in total. The summed E-state index contributed by atoms with van der Waals surface area (Å²) in [6, 6.07) is 0.576. The van der Waals surface area contributed by atoms with Crippen LogP contribution >= 0.6 is 0 Å². The molecule has 0 heterocycles. The van der Waals surface area contributed by atoms with E-state index < -0.39 is 5.60 Å². The second-order valence-electron chi connectivity index (χ2n) is 6.98. The number of ether oxygens (including phenoxy) is 1. The number of carbonyl (C=O) groups excluding carboxylic acids is 1. The maximum absolute atomic E-state index is 11.9. The summed E-state index contributed by atoms with van der Waals surface area (Å²) in [5, 5.41) is 3.07. The average molecular weight is 254 g/mol. The molecule has 104 valence electrons. The summed E-state index contributed by atoms with van der Waals surface area (Å²) >= 11 is 0. The molecule has 3 N–H and O–H groups in total. The molecule has 1 spiro atoms. The second kappa shape index (κ2) is 4.72. The van der Waals surface area contributed by atoms with Gasteiger partial charge < -0.3 is 15.8 Å². The molecule has 2 saturated carbocycles. The minimum atomic E-state index is -0.429. The number of nitrogens with one attached hydrogen (secondary N) is 1. The average Bonchev–Trinajstić information content (AvgIpc) is 2.16. The van der Waals surface area contributed by atoms with Gasteiger partial charge in [-0.15, -0.1) is 0 Å². The van der Waals surface area contributed by atoms with Crippen LogP contribution in [0, 0.1) is 5.41 Å². The van der Waals surface area contributed by atoms with Gasteiger partial charge in [0, 0.05) is 12.1 Å². The Bertz CT molecular complexity index is 311. The molecule has 0 saturated heterocycles. The van der Waals surface area contributed by atoms with E-state index in [1.807, 2.05) is 20.8 Å². The summed E-state index contributed by atoms with van der Waals surface area (Å²) in [4.78, 5) is 11.9. The lowest BCUT2D eigenvalue weighted by molar-refractivity contribution is 0.00168. The van der Waals surface area contributed by atoms with E-state index in [1.54, 1.807) is 0 Å². The summed E-state index contributed by atoms with van der Waals surface area (Å²) in [7, 11) is 0. The van der Waals surface area contributed by atoms with Crippen molar-refractivity contribution in [2.75, 3.05) is 0 Å². The highest BCUT2D eigenvalue weighted by molar-refractivity contribution is 5.68. The van der Waals surface area contributed by atoms with Crippen LogP contribution < -0.4 is 11.1 Å². The van der Waals surface area contributed by atoms with Gasteiger partial charge in [0.2, 0.25) is 0 Å². The van der Waals surface area contributed by atoms with Gasteiger partial charge in [-0.3, -0.25) is 0 Å². The largest absolute Gasteiger partial charge is 0.444 e. The van der Waals surface area contributed by atoms with Gasteiger partial charge in [-0.2, -0.15) is 0 Å². The molecule has 1 unspecified atom stereocenters. The Balaban J connectivity index is 1.92. The van der Waals surface area contributed by atoms with Crippen molar-refractivity contribution in [1.29, 1.82) is 0 Å². The van der Waals surface area contributed by atoms with Gasteiger partial charge in [0.15, 0.2) is 0 Å². The number of alkyl carbamates (subject to hydrolysis) is 1. The van der Waals surface area contributed by atoms with E-state index in [9.17, 15) is 4.79 Å². The Labute approximate surface area is 110 Å². The second-order valence-corrected chi connectivity index (χ2v) is 6.98. The van der Waals surface area contributed by atoms with Gasteiger partial charge in [0.1, 0.15) is 5.60 Å². The van der Waals surface area contributed by atoms with Crippen LogP contribution in [0.4, 0.5) is 4.79 Å². The predicted molar refractivity (Wildman–Crippen MR) is 71.3 cm³/mol. The molecule has 0 radical (unpaired) electrons. The quantitative estimate of drug-likeness (QED) is 0.756. The zero-order valence-corrected chi connectivity index (χ0v) is 11.8. The smallest absolute Gasteiger partial charge is 0.407 e. The van der Waals surface area contributed by atoms with Crippen molar-refractivity contribution in [3.63, 3.8) is 0 Å². The minimum Gasteiger partial charge on any atom is -0.444 e. The highest BCUT2D eigenvalue weighted by Crippen LogP contribution is 2.51. The molecule has 0 aromatic rings. The van der Waals surface area contributed by atoms with Gasteiger partial charge in [-0.25, -0.2) is 4.79 Å². The summed E-state index contributed by atoms with van der Waals surface area (Å²) in [5.41, 5.74) is 5.76. The van der Waals surface area contributed by atoms with Crippen LogP contribution in [-0.4, -0.2) is 23.8 Å². The summed E-state index contributed by atoms with van der Waals surface area (Å²) in [5.74, 6) is 0. The Morgan fingerprint density at radius 1 is 1.33 bits per heavy atom. The summed E-state index contributed by atoms with van der Waals surface area (Å²) < 4.78 is 5.35. The van der Waals surface area contributed by atoms with Gasteiger partial charge >= 0.3 is 6.09 Å². The predicted octanol–water partition coefficient (Wildman–Crippen LogP) is 2.56. The third-order valence-corrected chi connectivity index (χ3v) is 4.19. The summed E-state index contributed by atoms with van der Waals surface area (Å²) in [6.07, 6.45) is 6.53. The van der Waals surface area contributed by atoms with Crippen molar-refractivity contribution in [3.05, 3.63) is 0 Å². The molecule has 0 aromatic carbocycles. The number of carbonyl (C=O) groups is 1. The van der Waals surface area contributed by atoms with E-state index in [0.717, 1.165) is 19.3 Å². The van der Waals surface area contributed by atoms with Crippen LogP contribution in [0.15, 0.2) is 0 Å². The number of rotatable bonds is 1. The van der Waals surface area contributed by atoms with Crippen LogP contribution in [-0.2, 0) is 4.74 Å². The van der Waals surface area contributed by atoms with E-state index in [4.69, 9.17) is 10.5 Å². The Hall–Kier alpha value is -0.770. The molecule has 0 aromatic heterocycles. The molecule has 1 amide bonds. The topological polar surface area (TPSA) is 64.3 Å². The first-order valence-corrected chi connectivity index (χ1v) is 7.06. The monoisotopic (exact) mass is 254 g/mol. The van der Waals surface area contributed by atoms with Crippen molar-refractivity contribution in [2.45, 2.75) is 77.0 Å². The zero-order valence-electron chi connectivity index (χ0n) is 11.8. The van der Waals surface area contributed by atoms with Crippen molar-refractivity contribution in [1.82, 2.24) is 5.32 Å². The maximum Gasteiger partial charge on any atom is 0.407 e. The maximum atomic E-state index is 11.9. The van der Waals surface area contributed by atoms with E-state index >= 15 is 0 Å². The molecular formula is C14H26N2O2. The van der Waals surface area contributed by atoms with Crippen molar-refractivity contribution >= 4 is 6.09 Å². The van der Waals surface area contributed by atoms with Crippen molar-refractivity contribution in [3.8, 4) is 0 Å².